The molecule has 1 saturated heterocycles. The largest absolute Gasteiger partial charge is 0.507 e. The Morgan fingerprint density at radius 1 is 1.10 bits per heavy atom. The van der Waals surface area contributed by atoms with Crippen LogP contribution in [0.1, 0.15) is 16.1 Å². The fourth-order valence-corrected chi connectivity index (χ4v) is 2.96. The van der Waals surface area contributed by atoms with Crippen LogP contribution in [0.25, 0.3) is 11.0 Å². The summed E-state index contributed by atoms with van der Waals surface area (Å²) in [6, 6.07) is 11.9. The topological polar surface area (TPSA) is 135 Å². The number of anilines is 1. The molecule has 2 heterocycles. The van der Waals surface area contributed by atoms with Crippen molar-refractivity contribution in [3.05, 3.63) is 70.1 Å². The van der Waals surface area contributed by atoms with Crippen molar-refractivity contribution in [1.29, 1.82) is 0 Å². The van der Waals surface area contributed by atoms with E-state index in [1.807, 2.05) is 0 Å². The second-order valence-corrected chi connectivity index (χ2v) is 6.36. The van der Waals surface area contributed by atoms with Gasteiger partial charge in [0, 0.05) is 18.2 Å². The second kappa shape index (κ2) is 7.12. The Kier molecular flexibility index (Phi) is 4.47. The van der Waals surface area contributed by atoms with Crippen LogP contribution in [0.3, 0.4) is 0 Å². The third-order valence-electron chi connectivity index (χ3n) is 4.36. The number of aromatic hydroxyl groups is 1. The van der Waals surface area contributed by atoms with Gasteiger partial charge in [0.05, 0.1) is 0 Å². The Bertz CT molecular complexity index is 1200. The molecular weight excluding hydrogens is 380 g/mol. The first kappa shape index (κ1) is 18.2. The van der Waals surface area contributed by atoms with Crippen LogP contribution in [0.2, 0.25) is 0 Å². The molecule has 1 aliphatic rings. The Morgan fingerprint density at radius 3 is 2.55 bits per heavy atom. The zero-order valence-electron chi connectivity index (χ0n) is 14.8. The van der Waals surface area contributed by atoms with E-state index in [4.69, 9.17) is 9.15 Å². The minimum atomic E-state index is -0.883. The highest BCUT2D eigenvalue weighted by atomic mass is 16.6. The summed E-state index contributed by atoms with van der Waals surface area (Å²) in [5.74, 6) is -1.55. The summed E-state index contributed by atoms with van der Waals surface area (Å²) < 4.78 is 10.3. The van der Waals surface area contributed by atoms with E-state index >= 15 is 0 Å². The molecule has 146 valence electrons. The van der Waals surface area contributed by atoms with Crippen LogP contribution in [-0.2, 0) is 16.0 Å². The third-order valence-corrected chi connectivity index (χ3v) is 4.36. The molecule has 29 heavy (non-hydrogen) atoms. The number of benzene rings is 2. The molecule has 1 atom stereocenters. The molecule has 3 aromatic rings. The zero-order valence-corrected chi connectivity index (χ0v) is 14.8. The maximum atomic E-state index is 12.4. The summed E-state index contributed by atoms with van der Waals surface area (Å²) in [5.41, 5.74) is 0.729. The van der Waals surface area contributed by atoms with Gasteiger partial charge in [0.1, 0.15) is 16.7 Å². The van der Waals surface area contributed by atoms with Crippen molar-refractivity contribution >= 4 is 34.6 Å². The molecule has 0 aliphatic carbocycles. The average Bonchev–Trinajstić information content (AvgIpc) is 3.00. The summed E-state index contributed by atoms with van der Waals surface area (Å²) in [4.78, 5) is 47.2. The molecule has 0 bridgehead atoms. The van der Waals surface area contributed by atoms with E-state index in [0.29, 0.717) is 5.69 Å². The van der Waals surface area contributed by atoms with Gasteiger partial charge < -0.3 is 19.6 Å². The SMILES string of the molecule is O=C1NC(=O)C(Cc2ccc(NC(=O)c3cc(=O)c4c(O)cccc4o3)cc2)O1. The highest BCUT2D eigenvalue weighted by Crippen LogP contribution is 2.22. The van der Waals surface area contributed by atoms with Gasteiger partial charge in [0.25, 0.3) is 11.8 Å². The summed E-state index contributed by atoms with van der Waals surface area (Å²) in [6.45, 7) is 0. The Hall–Kier alpha value is -4.14. The van der Waals surface area contributed by atoms with E-state index in [1.54, 1.807) is 24.3 Å². The number of carbonyl (C=O) groups is 3. The fourth-order valence-electron chi connectivity index (χ4n) is 2.96. The van der Waals surface area contributed by atoms with E-state index in [-0.39, 0.29) is 28.9 Å². The van der Waals surface area contributed by atoms with Gasteiger partial charge >= 0.3 is 6.09 Å². The molecule has 9 heteroatoms. The lowest BCUT2D eigenvalue weighted by molar-refractivity contribution is -0.123. The minimum absolute atomic E-state index is 0.00468. The molecule has 3 amide bonds. The normalized spacial score (nSPS) is 15.8. The molecule has 2 aromatic carbocycles. The quantitative estimate of drug-likeness (QED) is 0.615. The van der Waals surface area contributed by atoms with Crippen LogP contribution < -0.4 is 16.1 Å². The number of hydrogen-bond donors (Lipinski definition) is 3. The van der Waals surface area contributed by atoms with Crippen LogP contribution in [-0.4, -0.2) is 29.1 Å². The van der Waals surface area contributed by atoms with Crippen molar-refractivity contribution < 1.29 is 28.6 Å². The molecule has 4 rings (SSSR count). The highest BCUT2D eigenvalue weighted by Gasteiger charge is 2.32. The van der Waals surface area contributed by atoms with Gasteiger partial charge in [-0.05, 0) is 29.8 Å². The van der Waals surface area contributed by atoms with Crippen LogP contribution in [0, 0.1) is 0 Å². The Balaban J connectivity index is 1.49. The second-order valence-electron chi connectivity index (χ2n) is 6.36. The lowest BCUT2D eigenvalue weighted by Crippen LogP contribution is -2.25. The highest BCUT2D eigenvalue weighted by molar-refractivity contribution is 6.03. The zero-order chi connectivity index (χ0) is 20.5. The molecule has 0 radical (unpaired) electrons. The molecule has 1 aliphatic heterocycles. The van der Waals surface area contributed by atoms with Gasteiger partial charge in [-0.2, -0.15) is 0 Å². The number of amides is 3. The van der Waals surface area contributed by atoms with Crippen molar-refractivity contribution in [3.63, 3.8) is 0 Å². The number of alkyl carbamates (subject to hydrolysis) is 1. The molecular formula is C20H14N2O7. The predicted molar refractivity (Wildman–Crippen MR) is 101 cm³/mol. The van der Waals surface area contributed by atoms with Crippen LogP contribution in [0.5, 0.6) is 5.75 Å². The number of ether oxygens (including phenoxy) is 1. The van der Waals surface area contributed by atoms with E-state index < -0.39 is 29.4 Å². The van der Waals surface area contributed by atoms with Crippen molar-refractivity contribution in [3.8, 4) is 5.75 Å². The third kappa shape index (κ3) is 3.65. The van der Waals surface area contributed by atoms with Gasteiger partial charge in [-0.3, -0.25) is 19.7 Å². The smallest absolute Gasteiger partial charge is 0.414 e. The monoisotopic (exact) mass is 394 g/mol. The number of phenols is 1. The number of rotatable bonds is 4. The first-order valence-electron chi connectivity index (χ1n) is 8.58. The predicted octanol–water partition coefficient (Wildman–Crippen LogP) is 1.93. The molecule has 0 spiro atoms. The lowest BCUT2D eigenvalue weighted by Gasteiger charge is -2.09. The number of carbonyl (C=O) groups excluding carboxylic acids is 3. The minimum Gasteiger partial charge on any atom is -0.507 e. The van der Waals surface area contributed by atoms with Gasteiger partial charge in [0.2, 0.25) is 0 Å². The summed E-state index contributed by atoms with van der Waals surface area (Å²) >= 11 is 0. The van der Waals surface area contributed by atoms with Crippen LogP contribution in [0.15, 0.2) is 57.7 Å². The number of hydrogen-bond acceptors (Lipinski definition) is 7. The summed E-state index contributed by atoms with van der Waals surface area (Å²) in [5, 5.41) is 14.4. The van der Waals surface area contributed by atoms with Crippen molar-refractivity contribution in [2.45, 2.75) is 12.5 Å². The maximum Gasteiger partial charge on any atom is 0.414 e. The van der Waals surface area contributed by atoms with Crippen LogP contribution >= 0.6 is 0 Å². The van der Waals surface area contributed by atoms with Crippen molar-refractivity contribution in [2.24, 2.45) is 0 Å². The van der Waals surface area contributed by atoms with Gasteiger partial charge in [-0.1, -0.05) is 18.2 Å². The molecule has 1 unspecified atom stereocenters. The average molecular weight is 394 g/mol. The summed E-state index contributed by atoms with van der Waals surface area (Å²) in [7, 11) is 0. The van der Waals surface area contributed by atoms with Gasteiger partial charge in [-0.15, -0.1) is 0 Å². The number of nitrogens with one attached hydrogen (secondary N) is 2. The van der Waals surface area contributed by atoms with E-state index in [0.717, 1.165) is 11.6 Å². The Morgan fingerprint density at radius 2 is 1.86 bits per heavy atom. The standard InChI is InChI=1S/C20H14N2O7/c23-12-2-1-3-14-17(12)13(24)9-16(28-14)18(25)21-11-6-4-10(5-7-11)8-15-19(26)22-20(27)29-15/h1-7,9,15,23H,8H2,(H,21,25)(H,22,26,27). The molecule has 3 N–H and O–H groups in total. The summed E-state index contributed by atoms with van der Waals surface area (Å²) in [6.07, 6.45) is -1.45. The number of cyclic esters (lactones) is 1. The molecule has 0 saturated carbocycles. The van der Waals surface area contributed by atoms with Crippen LogP contribution in [0.4, 0.5) is 10.5 Å². The van der Waals surface area contributed by atoms with E-state index in [1.165, 1.54) is 18.2 Å². The van der Waals surface area contributed by atoms with Crippen molar-refractivity contribution in [2.75, 3.05) is 5.32 Å². The van der Waals surface area contributed by atoms with E-state index in [2.05, 4.69) is 10.6 Å². The van der Waals surface area contributed by atoms with Gasteiger partial charge in [0.15, 0.2) is 17.3 Å². The first-order valence-corrected chi connectivity index (χ1v) is 8.58. The molecule has 1 fully saturated rings. The fraction of sp³-hybridized carbons (Fsp3) is 0.100. The lowest BCUT2D eigenvalue weighted by atomic mass is 10.1. The number of imide groups is 1. The Labute approximate surface area is 162 Å². The first-order chi connectivity index (χ1) is 13.9. The van der Waals surface area contributed by atoms with Gasteiger partial charge in [-0.25, -0.2) is 4.79 Å². The molecule has 9 nitrogen and oxygen atoms in total. The molecule has 1 aromatic heterocycles. The number of fused-ring (bicyclic) bond motifs is 1. The van der Waals surface area contributed by atoms with E-state index in [9.17, 15) is 24.3 Å². The number of phenolic OH excluding ortho intramolecular Hbond substituents is 1. The maximum absolute atomic E-state index is 12.4. The van der Waals surface area contributed by atoms with Crippen molar-refractivity contribution in [1.82, 2.24) is 5.32 Å².